The molecule has 3 heteroatoms. The molecule has 30 heavy (non-hydrogen) atoms. The number of aryl methyl sites for hydroxylation is 2. The number of aromatic nitrogens is 1. The standard InChI is InChI=1S/C27H39NO2/c1-3-5-7-9-11-13-15-23-20-24(17-18-25(23)27(29)30)26-19-16-22(21-28-26)14-12-10-8-6-4-2/h16-21H,3-15H2,1-2H3,(H,29,30)/p-1. The lowest BCUT2D eigenvalue weighted by Crippen LogP contribution is -2.23. The summed E-state index contributed by atoms with van der Waals surface area (Å²) in [6, 6.07) is 9.74. The van der Waals surface area contributed by atoms with Crippen LogP contribution in [0.15, 0.2) is 36.5 Å². The molecule has 0 saturated carbocycles. The van der Waals surface area contributed by atoms with Crippen molar-refractivity contribution in [2.45, 2.75) is 97.3 Å². The number of carbonyl (C=O) groups excluding carboxylic acids is 1. The topological polar surface area (TPSA) is 53.0 Å². The second-order valence-electron chi connectivity index (χ2n) is 8.39. The maximum absolute atomic E-state index is 11.5. The lowest BCUT2D eigenvalue weighted by Gasteiger charge is -2.13. The average Bonchev–Trinajstić information content (AvgIpc) is 2.76. The van der Waals surface area contributed by atoms with Gasteiger partial charge in [-0.15, -0.1) is 0 Å². The highest BCUT2D eigenvalue weighted by molar-refractivity contribution is 5.88. The Morgan fingerprint density at radius 1 is 0.800 bits per heavy atom. The molecule has 3 nitrogen and oxygen atoms in total. The molecule has 1 heterocycles. The molecule has 0 aliphatic carbocycles. The van der Waals surface area contributed by atoms with Gasteiger partial charge in [0.15, 0.2) is 0 Å². The molecule has 0 aliphatic heterocycles. The second-order valence-corrected chi connectivity index (χ2v) is 8.39. The highest BCUT2D eigenvalue weighted by atomic mass is 16.4. The van der Waals surface area contributed by atoms with Gasteiger partial charge in [-0.2, -0.15) is 0 Å². The SMILES string of the molecule is CCCCCCCCc1cc(-c2ccc(CCCCCCC)cn2)ccc1C(=O)[O-]. The lowest BCUT2D eigenvalue weighted by atomic mass is 9.96. The third-order valence-corrected chi connectivity index (χ3v) is 5.81. The fraction of sp³-hybridized carbons (Fsp3) is 0.556. The molecule has 1 aromatic carbocycles. The van der Waals surface area contributed by atoms with Gasteiger partial charge >= 0.3 is 0 Å². The normalized spacial score (nSPS) is 11.0. The predicted molar refractivity (Wildman–Crippen MR) is 124 cm³/mol. The van der Waals surface area contributed by atoms with Crippen LogP contribution in [0.5, 0.6) is 0 Å². The van der Waals surface area contributed by atoms with Crippen molar-refractivity contribution in [1.29, 1.82) is 0 Å². The van der Waals surface area contributed by atoms with Gasteiger partial charge in [0.05, 0.1) is 11.7 Å². The number of hydrogen-bond donors (Lipinski definition) is 0. The molecule has 0 unspecified atom stereocenters. The minimum atomic E-state index is -1.09. The van der Waals surface area contributed by atoms with Gasteiger partial charge in [-0.05, 0) is 48.9 Å². The Hall–Kier alpha value is -2.16. The first-order valence-corrected chi connectivity index (χ1v) is 11.9. The summed E-state index contributed by atoms with van der Waals surface area (Å²) >= 11 is 0. The molecule has 0 N–H and O–H groups in total. The third-order valence-electron chi connectivity index (χ3n) is 5.81. The summed E-state index contributed by atoms with van der Waals surface area (Å²) in [4.78, 5) is 16.2. The molecule has 0 spiro atoms. The minimum Gasteiger partial charge on any atom is -0.545 e. The van der Waals surface area contributed by atoms with E-state index in [1.807, 2.05) is 18.3 Å². The van der Waals surface area contributed by atoms with E-state index in [1.165, 1.54) is 63.4 Å². The first-order chi connectivity index (χ1) is 14.7. The van der Waals surface area contributed by atoms with Crippen molar-refractivity contribution in [3.8, 4) is 11.3 Å². The van der Waals surface area contributed by atoms with Crippen LogP contribution >= 0.6 is 0 Å². The Kier molecular flexibility index (Phi) is 11.2. The summed E-state index contributed by atoms with van der Waals surface area (Å²) in [6.45, 7) is 4.45. The Morgan fingerprint density at radius 3 is 2.03 bits per heavy atom. The fourth-order valence-corrected chi connectivity index (χ4v) is 3.93. The Morgan fingerprint density at radius 2 is 1.43 bits per heavy atom. The molecule has 1 aromatic heterocycles. The number of carboxylic acid groups (broad SMARTS) is 1. The van der Waals surface area contributed by atoms with Crippen molar-refractivity contribution < 1.29 is 9.90 Å². The van der Waals surface area contributed by atoms with Crippen molar-refractivity contribution >= 4 is 5.97 Å². The molecule has 0 amide bonds. The molecular weight excluding hydrogens is 370 g/mol. The van der Waals surface area contributed by atoms with Crippen LogP contribution in [0.2, 0.25) is 0 Å². The van der Waals surface area contributed by atoms with E-state index in [0.29, 0.717) is 5.56 Å². The second kappa shape index (κ2) is 14.0. The molecule has 164 valence electrons. The first kappa shape index (κ1) is 24.1. The minimum absolute atomic E-state index is 0.316. The van der Waals surface area contributed by atoms with E-state index in [1.54, 1.807) is 6.07 Å². The number of unbranched alkanes of at least 4 members (excludes halogenated alkanes) is 9. The Labute approximate surface area is 183 Å². The zero-order valence-corrected chi connectivity index (χ0v) is 18.9. The summed E-state index contributed by atoms with van der Waals surface area (Å²) < 4.78 is 0. The average molecular weight is 409 g/mol. The number of aromatic carboxylic acids is 1. The maximum atomic E-state index is 11.5. The highest BCUT2D eigenvalue weighted by Crippen LogP contribution is 2.23. The van der Waals surface area contributed by atoms with E-state index < -0.39 is 5.97 Å². The van der Waals surface area contributed by atoms with Crippen molar-refractivity contribution in [2.24, 2.45) is 0 Å². The van der Waals surface area contributed by atoms with Gasteiger partial charge in [0.1, 0.15) is 0 Å². The Balaban J connectivity index is 1.98. The van der Waals surface area contributed by atoms with Crippen LogP contribution in [0, 0.1) is 0 Å². The number of nitrogens with zero attached hydrogens (tertiary/aromatic N) is 1. The maximum Gasteiger partial charge on any atom is 0.0718 e. The number of hydrogen-bond acceptors (Lipinski definition) is 3. The molecule has 0 aliphatic rings. The smallest absolute Gasteiger partial charge is 0.0718 e. The van der Waals surface area contributed by atoms with Gasteiger partial charge in [-0.1, -0.05) is 89.8 Å². The highest BCUT2D eigenvalue weighted by Gasteiger charge is 2.08. The Bertz CT molecular complexity index is 752. The van der Waals surface area contributed by atoms with E-state index in [4.69, 9.17) is 0 Å². The molecular formula is C27H38NO2-. The summed E-state index contributed by atoms with van der Waals surface area (Å²) in [5, 5.41) is 11.5. The van der Waals surface area contributed by atoms with Crippen LogP contribution in [0.4, 0.5) is 0 Å². The molecule has 2 aromatic rings. The van der Waals surface area contributed by atoms with Crippen molar-refractivity contribution in [2.75, 3.05) is 0 Å². The van der Waals surface area contributed by atoms with Crippen molar-refractivity contribution in [3.05, 3.63) is 53.2 Å². The number of carboxylic acids is 1. The summed E-state index contributed by atoms with van der Waals surface area (Å²) in [6.07, 6.45) is 17.4. The molecule has 0 fully saturated rings. The van der Waals surface area contributed by atoms with Gasteiger partial charge < -0.3 is 9.90 Å². The van der Waals surface area contributed by atoms with Gasteiger partial charge in [-0.25, -0.2) is 0 Å². The fourth-order valence-electron chi connectivity index (χ4n) is 3.93. The van der Waals surface area contributed by atoms with Gasteiger partial charge in [0, 0.05) is 17.3 Å². The van der Waals surface area contributed by atoms with E-state index in [-0.39, 0.29) is 0 Å². The van der Waals surface area contributed by atoms with Gasteiger partial charge in [0.2, 0.25) is 0 Å². The van der Waals surface area contributed by atoms with E-state index in [0.717, 1.165) is 42.5 Å². The number of carbonyl (C=O) groups is 1. The van der Waals surface area contributed by atoms with Crippen LogP contribution in [0.1, 0.15) is 106 Å². The quantitative estimate of drug-likeness (QED) is 0.315. The number of pyridine rings is 1. The summed E-state index contributed by atoms with van der Waals surface area (Å²) in [5.74, 6) is -1.09. The molecule has 2 rings (SSSR count). The summed E-state index contributed by atoms with van der Waals surface area (Å²) in [7, 11) is 0. The number of benzene rings is 1. The largest absolute Gasteiger partial charge is 0.545 e. The van der Waals surface area contributed by atoms with Crippen LogP contribution in [0.25, 0.3) is 11.3 Å². The van der Waals surface area contributed by atoms with E-state index >= 15 is 0 Å². The van der Waals surface area contributed by atoms with Crippen LogP contribution in [0.3, 0.4) is 0 Å². The zero-order valence-electron chi connectivity index (χ0n) is 18.9. The van der Waals surface area contributed by atoms with E-state index in [2.05, 4.69) is 31.0 Å². The van der Waals surface area contributed by atoms with Crippen LogP contribution < -0.4 is 5.11 Å². The van der Waals surface area contributed by atoms with E-state index in [9.17, 15) is 9.90 Å². The summed E-state index contributed by atoms with van der Waals surface area (Å²) in [5.41, 5.74) is 4.34. The molecule has 0 bridgehead atoms. The molecule has 0 atom stereocenters. The monoisotopic (exact) mass is 408 g/mol. The van der Waals surface area contributed by atoms with Crippen LogP contribution in [-0.4, -0.2) is 11.0 Å². The van der Waals surface area contributed by atoms with Crippen molar-refractivity contribution in [1.82, 2.24) is 4.98 Å². The van der Waals surface area contributed by atoms with Gasteiger partial charge in [0.25, 0.3) is 0 Å². The van der Waals surface area contributed by atoms with Crippen LogP contribution in [-0.2, 0) is 12.8 Å². The van der Waals surface area contributed by atoms with Crippen molar-refractivity contribution in [3.63, 3.8) is 0 Å². The first-order valence-electron chi connectivity index (χ1n) is 11.9. The predicted octanol–water partition coefficient (Wildman–Crippen LogP) is 6.53. The number of rotatable bonds is 15. The van der Waals surface area contributed by atoms with Gasteiger partial charge in [-0.3, -0.25) is 4.98 Å². The third kappa shape index (κ3) is 8.30. The molecule has 0 saturated heterocycles. The molecule has 0 radical (unpaired) electrons. The lowest BCUT2D eigenvalue weighted by molar-refractivity contribution is -0.255. The zero-order chi connectivity index (χ0) is 21.6.